The fourth-order valence-corrected chi connectivity index (χ4v) is 2.63. The molecular formula is C12H11N3O5S. The first kappa shape index (κ1) is 14.6. The second kappa shape index (κ2) is 5.67. The first-order valence-corrected chi connectivity index (χ1v) is 6.52. The molecule has 0 unspecified atom stereocenters. The number of carbonyl (C=O) groups excluding carboxylic acids is 1. The van der Waals surface area contributed by atoms with E-state index in [1.165, 1.54) is 30.6 Å². The van der Waals surface area contributed by atoms with E-state index >= 15 is 0 Å². The van der Waals surface area contributed by atoms with Gasteiger partial charge < -0.3 is 15.6 Å². The van der Waals surface area contributed by atoms with E-state index < -0.39 is 16.7 Å². The Morgan fingerprint density at radius 2 is 2.19 bits per heavy atom. The maximum absolute atomic E-state index is 11.7. The van der Waals surface area contributed by atoms with Gasteiger partial charge in [0.1, 0.15) is 10.8 Å². The Balaban J connectivity index is 2.54. The number of amides is 2. The molecule has 0 spiro atoms. The third-order valence-electron chi connectivity index (χ3n) is 2.66. The zero-order valence-corrected chi connectivity index (χ0v) is 11.7. The predicted octanol–water partition coefficient (Wildman–Crippen LogP) is 2.59. The molecule has 2 amide bonds. The van der Waals surface area contributed by atoms with Crippen molar-refractivity contribution in [3.8, 4) is 11.5 Å². The highest BCUT2D eigenvalue weighted by Gasteiger charge is 2.24. The molecule has 0 saturated heterocycles. The number of phenolic OH excluding ortho intramolecular Hbond substituents is 1. The number of nitrogens with zero attached hydrogens (tertiary/aromatic N) is 2. The Morgan fingerprint density at radius 1 is 1.48 bits per heavy atom. The summed E-state index contributed by atoms with van der Waals surface area (Å²) in [4.78, 5) is 22.7. The smallest absolute Gasteiger partial charge is 0.324 e. The first-order valence-electron chi connectivity index (χ1n) is 5.64. The number of carbonyl (C=O) groups is 1. The minimum Gasteiger partial charge on any atom is -0.505 e. The van der Waals surface area contributed by atoms with Crippen LogP contribution < -0.4 is 15.4 Å². The van der Waals surface area contributed by atoms with Crippen LogP contribution in [-0.4, -0.2) is 23.2 Å². The van der Waals surface area contributed by atoms with Crippen LogP contribution in [0, 0.1) is 10.1 Å². The van der Waals surface area contributed by atoms with Gasteiger partial charge in [0, 0.05) is 6.07 Å². The SMILES string of the molecule is COc1ccsc1N(C(N)=O)c1ccc([N+](=O)[O-])cc1O. The lowest BCUT2D eigenvalue weighted by Crippen LogP contribution is -2.31. The lowest BCUT2D eigenvalue weighted by Gasteiger charge is -2.20. The van der Waals surface area contributed by atoms with E-state index in [1.807, 2.05) is 0 Å². The van der Waals surface area contributed by atoms with Crippen molar-refractivity contribution in [3.05, 3.63) is 39.8 Å². The molecule has 0 aliphatic rings. The summed E-state index contributed by atoms with van der Waals surface area (Å²) in [7, 11) is 1.43. The van der Waals surface area contributed by atoms with Gasteiger partial charge in [0.25, 0.3) is 5.69 Å². The summed E-state index contributed by atoms with van der Waals surface area (Å²) in [6.45, 7) is 0. The monoisotopic (exact) mass is 309 g/mol. The molecule has 2 rings (SSSR count). The number of primary amides is 1. The number of hydrogen-bond donors (Lipinski definition) is 2. The zero-order valence-electron chi connectivity index (χ0n) is 10.8. The van der Waals surface area contributed by atoms with Crippen LogP contribution in [0.15, 0.2) is 29.6 Å². The average molecular weight is 309 g/mol. The quantitative estimate of drug-likeness (QED) is 0.664. The first-order chi connectivity index (χ1) is 9.95. The molecular weight excluding hydrogens is 298 g/mol. The normalized spacial score (nSPS) is 10.1. The Bertz CT molecular complexity index is 700. The molecule has 8 nitrogen and oxygen atoms in total. The summed E-state index contributed by atoms with van der Waals surface area (Å²) in [5.41, 5.74) is 5.09. The summed E-state index contributed by atoms with van der Waals surface area (Å²) in [6.07, 6.45) is 0. The molecule has 2 aromatic rings. The summed E-state index contributed by atoms with van der Waals surface area (Å²) in [5.74, 6) is -0.0324. The molecule has 0 bridgehead atoms. The fourth-order valence-electron chi connectivity index (χ4n) is 1.75. The lowest BCUT2D eigenvalue weighted by atomic mass is 10.2. The number of benzene rings is 1. The van der Waals surface area contributed by atoms with Crippen LogP contribution in [0.2, 0.25) is 0 Å². The van der Waals surface area contributed by atoms with Gasteiger partial charge in [0.05, 0.1) is 23.8 Å². The van der Waals surface area contributed by atoms with E-state index in [1.54, 1.807) is 11.4 Å². The highest BCUT2D eigenvalue weighted by molar-refractivity contribution is 7.14. The number of phenols is 1. The zero-order chi connectivity index (χ0) is 15.6. The molecule has 0 atom stereocenters. The van der Waals surface area contributed by atoms with Crippen molar-refractivity contribution in [1.29, 1.82) is 0 Å². The summed E-state index contributed by atoms with van der Waals surface area (Å²) in [5, 5.41) is 22.7. The van der Waals surface area contributed by atoms with Gasteiger partial charge in [-0.1, -0.05) is 0 Å². The molecule has 3 N–H and O–H groups in total. The van der Waals surface area contributed by atoms with E-state index in [4.69, 9.17) is 10.5 Å². The Morgan fingerprint density at radius 3 is 2.71 bits per heavy atom. The molecule has 1 heterocycles. The molecule has 9 heteroatoms. The molecule has 1 aromatic carbocycles. The van der Waals surface area contributed by atoms with Crippen molar-refractivity contribution in [2.24, 2.45) is 5.73 Å². The van der Waals surface area contributed by atoms with Gasteiger partial charge in [-0.3, -0.25) is 10.1 Å². The second-order valence-corrected chi connectivity index (χ2v) is 4.79. The van der Waals surface area contributed by atoms with Crippen molar-refractivity contribution in [2.45, 2.75) is 0 Å². The number of anilines is 2. The van der Waals surface area contributed by atoms with Crippen molar-refractivity contribution in [3.63, 3.8) is 0 Å². The number of ether oxygens (including phenoxy) is 1. The van der Waals surface area contributed by atoms with Gasteiger partial charge >= 0.3 is 6.03 Å². The average Bonchev–Trinajstić information content (AvgIpc) is 2.88. The van der Waals surface area contributed by atoms with Crippen LogP contribution >= 0.6 is 11.3 Å². The Hall–Kier alpha value is -2.81. The molecule has 0 aliphatic heterocycles. The van der Waals surface area contributed by atoms with Crippen LogP contribution in [-0.2, 0) is 0 Å². The molecule has 0 aliphatic carbocycles. The number of nitrogens with two attached hydrogens (primary N) is 1. The van der Waals surface area contributed by atoms with Gasteiger partial charge in [-0.15, -0.1) is 11.3 Å². The van der Waals surface area contributed by atoms with E-state index in [-0.39, 0.29) is 11.4 Å². The lowest BCUT2D eigenvalue weighted by molar-refractivity contribution is -0.384. The van der Waals surface area contributed by atoms with Crippen molar-refractivity contribution in [1.82, 2.24) is 0 Å². The van der Waals surface area contributed by atoms with Crippen LogP contribution in [0.4, 0.5) is 21.2 Å². The number of rotatable bonds is 4. The number of non-ortho nitro benzene ring substituents is 1. The fraction of sp³-hybridized carbons (Fsp3) is 0.0833. The third kappa shape index (κ3) is 2.72. The maximum atomic E-state index is 11.7. The Labute approximate surface area is 123 Å². The van der Waals surface area contributed by atoms with E-state index in [9.17, 15) is 20.0 Å². The number of methoxy groups -OCH3 is 1. The molecule has 0 saturated carbocycles. The van der Waals surface area contributed by atoms with Gasteiger partial charge in [0.2, 0.25) is 0 Å². The van der Waals surface area contributed by atoms with E-state index in [2.05, 4.69) is 0 Å². The molecule has 1 aromatic heterocycles. The number of hydrogen-bond acceptors (Lipinski definition) is 6. The van der Waals surface area contributed by atoms with E-state index in [0.29, 0.717) is 10.8 Å². The minimum absolute atomic E-state index is 0.0360. The van der Waals surface area contributed by atoms with Gasteiger partial charge in [-0.25, -0.2) is 9.69 Å². The minimum atomic E-state index is -0.847. The summed E-state index contributed by atoms with van der Waals surface area (Å²) < 4.78 is 5.11. The van der Waals surface area contributed by atoms with Crippen LogP contribution in [0.1, 0.15) is 0 Å². The Kier molecular flexibility index (Phi) is 3.94. The molecule has 0 radical (unpaired) electrons. The maximum Gasteiger partial charge on any atom is 0.324 e. The topological polar surface area (TPSA) is 119 Å². The van der Waals surface area contributed by atoms with Crippen molar-refractivity contribution in [2.75, 3.05) is 12.0 Å². The number of nitro groups is 1. The third-order valence-corrected chi connectivity index (χ3v) is 3.54. The second-order valence-electron chi connectivity index (χ2n) is 3.90. The van der Waals surface area contributed by atoms with Crippen LogP contribution in [0.3, 0.4) is 0 Å². The van der Waals surface area contributed by atoms with Crippen molar-refractivity contribution >= 4 is 33.7 Å². The van der Waals surface area contributed by atoms with E-state index in [0.717, 1.165) is 11.0 Å². The van der Waals surface area contributed by atoms with Crippen LogP contribution in [0.5, 0.6) is 11.5 Å². The van der Waals surface area contributed by atoms with Crippen molar-refractivity contribution < 1.29 is 19.6 Å². The largest absolute Gasteiger partial charge is 0.505 e. The highest BCUT2D eigenvalue weighted by atomic mass is 32.1. The molecule has 110 valence electrons. The van der Waals surface area contributed by atoms with Gasteiger partial charge in [-0.2, -0.15) is 0 Å². The summed E-state index contributed by atoms with van der Waals surface area (Å²) >= 11 is 1.18. The molecule has 0 fully saturated rings. The standard InChI is InChI=1S/C12H11N3O5S/c1-20-10-4-5-21-11(10)14(12(13)17)8-3-2-7(15(18)19)6-9(8)16/h2-6,16H,1H3,(H2,13,17). The number of aromatic hydroxyl groups is 1. The molecule has 21 heavy (non-hydrogen) atoms. The van der Waals surface area contributed by atoms with Gasteiger partial charge in [-0.05, 0) is 17.5 Å². The predicted molar refractivity (Wildman–Crippen MR) is 77.4 cm³/mol. The highest BCUT2D eigenvalue weighted by Crippen LogP contribution is 2.42. The number of nitro benzene ring substituents is 1. The van der Waals surface area contributed by atoms with Gasteiger partial charge in [0.15, 0.2) is 5.75 Å². The number of thiophene rings is 1. The number of urea groups is 1. The van der Waals surface area contributed by atoms with Crippen LogP contribution in [0.25, 0.3) is 0 Å². The summed E-state index contributed by atoms with van der Waals surface area (Å²) in [6, 6.07) is 4.16.